The van der Waals surface area contributed by atoms with E-state index in [1.165, 1.54) is 20.5 Å². The molecule has 0 aliphatic rings. The molecule has 1 aromatic carbocycles. The van der Waals surface area contributed by atoms with Crippen LogP contribution in [0.5, 0.6) is 0 Å². The van der Waals surface area contributed by atoms with Crippen LogP contribution in [-0.4, -0.2) is 6.54 Å². The molecule has 1 nitrogen and oxygen atoms in total. The third-order valence-corrected chi connectivity index (χ3v) is 3.68. The maximum absolute atomic E-state index is 5.49. The van der Waals surface area contributed by atoms with Gasteiger partial charge in [-0.2, -0.15) is 0 Å². The molecule has 0 saturated heterocycles. The monoisotopic (exact) mass is 217 g/mol. The minimum absolute atomic E-state index is 0.724. The molecule has 0 aliphatic heterocycles. The van der Waals surface area contributed by atoms with Crippen LogP contribution in [0.3, 0.4) is 0 Å². The Bertz CT molecular complexity index is 449. The van der Waals surface area contributed by atoms with Crippen molar-refractivity contribution < 1.29 is 0 Å². The molecule has 0 saturated carbocycles. The molecule has 0 amide bonds. The predicted octanol–water partition coefficient (Wildman–Crippen LogP) is 3.65. The molecule has 0 fully saturated rings. The quantitative estimate of drug-likeness (QED) is 0.834. The van der Waals surface area contributed by atoms with E-state index in [2.05, 4.69) is 43.3 Å². The van der Waals surface area contributed by atoms with Crippen LogP contribution >= 0.6 is 11.3 Å². The van der Waals surface area contributed by atoms with Gasteiger partial charge in [0.15, 0.2) is 0 Å². The van der Waals surface area contributed by atoms with E-state index in [4.69, 9.17) is 5.73 Å². The highest BCUT2D eigenvalue weighted by Gasteiger charge is 2.01. The van der Waals surface area contributed by atoms with Crippen molar-refractivity contribution in [3.8, 4) is 0 Å². The van der Waals surface area contributed by atoms with E-state index < -0.39 is 0 Å². The summed E-state index contributed by atoms with van der Waals surface area (Å²) in [5, 5.41) is 1.33. The van der Waals surface area contributed by atoms with E-state index >= 15 is 0 Å². The van der Waals surface area contributed by atoms with Gasteiger partial charge in [-0.1, -0.05) is 24.3 Å². The average Bonchev–Trinajstić information content (AvgIpc) is 2.69. The Morgan fingerprint density at radius 3 is 2.93 bits per heavy atom. The smallest absolute Gasteiger partial charge is 0.0349 e. The second kappa shape index (κ2) is 4.60. The lowest BCUT2D eigenvalue weighted by Crippen LogP contribution is -1.95. The lowest BCUT2D eigenvalue weighted by atomic mass is 10.2. The summed E-state index contributed by atoms with van der Waals surface area (Å²) in [6, 6.07) is 10.7. The minimum Gasteiger partial charge on any atom is -0.330 e. The SMILES string of the molecule is C/C(=C/CCN)c1cc2ccccc2s1. The van der Waals surface area contributed by atoms with Crippen molar-refractivity contribution in [3.05, 3.63) is 41.3 Å². The number of thiophene rings is 1. The van der Waals surface area contributed by atoms with Crippen molar-refractivity contribution >= 4 is 27.0 Å². The van der Waals surface area contributed by atoms with Gasteiger partial charge in [-0.05, 0) is 43.0 Å². The van der Waals surface area contributed by atoms with Gasteiger partial charge in [-0.25, -0.2) is 0 Å². The first-order chi connectivity index (χ1) is 7.31. The molecule has 0 aliphatic carbocycles. The highest BCUT2D eigenvalue weighted by Crippen LogP contribution is 2.30. The molecule has 0 spiro atoms. The Hall–Kier alpha value is -1.12. The lowest BCUT2D eigenvalue weighted by Gasteiger charge is -1.94. The van der Waals surface area contributed by atoms with E-state index in [0.29, 0.717) is 0 Å². The predicted molar refractivity (Wildman–Crippen MR) is 69.1 cm³/mol. The molecule has 0 bridgehead atoms. The van der Waals surface area contributed by atoms with Crippen LogP contribution in [0, 0.1) is 0 Å². The van der Waals surface area contributed by atoms with Crippen molar-refractivity contribution in [1.29, 1.82) is 0 Å². The Balaban J connectivity index is 2.36. The maximum atomic E-state index is 5.49. The molecule has 1 aromatic heterocycles. The zero-order valence-electron chi connectivity index (χ0n) is 8.86. The summed E-state index contributed by atoms with van der Waals surface area (Å²) < 4.78 is 1.35. The molecule has 0 radical (unpaired) electrons. The Kier molecular flexibility index (Phi) is 3.19. The fraction of sp³-hybridized carbons (Fsp3) is 0.231. The first kappa shape index (κ1) is 10.4. The summed E-state index contributed by atoms with van der Waals surface area (Å²) in [5.41, 5.74) is 6.82. The zero-order chi connectivity index (χ0) is 10.7. The number of hydrogen-bond donors (Lipinski definition) is 1. The highest BCUT2D eigenvalue weighted by atomic mass is 32.1. The van der Waals surface area contributed by atoms with E-state index in [0.717, 1.165) is 13.0 Å². The van der Waals surface area contributed by atoms with Crippen molar-refractivity contribution in [1.82, 2.24) is 0 Å². The van der Waals surface area contributed by atoms with Crippen LogP contribution in [0.1, 0.15) is 18.2 Å². The molecule has 2 N–H and O–H groups in total. The molecule has 2 aromatic rings. The second-order valence-corrected chi connectivity index (χ2v) is 4.70. The first-order valence-electron chi connectivity index (χ1n) is 5.17. The van der Waals surface area contributed by atoms with E-state index in [1.54, 1.807) is 0 Å². The fourth-order valence-corrected chi connectivity index (χ4v) is 2.64. The summed E-state index contributed by atoms with van der Waals surface area (Å²) >= 11 is 1.85. The van der Waals surface area contributed by atoms with Gasteiger partial charge in [0, 0.05) is 9.58 Å². The standard InChI is InChI=1S/C13H15NS/c1-10(5-4-8-14)13-9-11-6-2-3-7-12(11)15-13/h2-3,5-7,9H,4,8,14H2,1H3/b10-5-. The number of hydrogen-bond acceptors (Lipinski definition) is 2. The molecular formula is C13H15NS. The van der Waals surface area contributed by atoms with E-state index in [-0.39, 0.29) is 0 Å². The van der Waals surface area contributed by atoms with Gasteiger partial charge >= 0.3 is 0 Å². The maximum Gasteiger partial charge on any atom is 0.0349 e. The highest BCUT2D eigenvalue weighted by molar-refractivity contribution is 7.20. The topological polar surface area (TPSA) is 26.0 Å². The van der Waals surface area contributed by atoms with Crippen molar-refractivity contribution in [2.75, 3.05) is 6.54 Å². The molecule has 15 heavy (non-hydrogen) atoms. The average molecular weight is 217 g/mol. The summed E-state index contributed by atoms with van der Waals surface area (Å²) in [5.74, 6) is 0. The number of benzene rings is 1. The molecule has 2 heteroatoms. The fourth-order valence-electron chi connectivity index (χ4n) is 1.58. The van der Waals surface area contributed by atoms with Crippen LogP contribution < -0.4 is 5.73 Å². The van der Waals surface area contributed by atoms with Gasteiger partial charge in [0.1, 0.15) is 0 Å². The van der Waals surface area contributed by atoms with Gasteiger partial charge < -0.3 is 5.73 Å². The van der Waals surface area contributed by atoms with E-state index in [9.17, 15) is 0 Å². The number of nitrogens with two attached hydrogens (primary N) is 1. The molecule has 78 valence electrons. The van der Waals surface area contributed by atoms with Crippen LogP contribution in [0.2, 0.25) is 0 Å². The molecule has 0 unspecified atom stereocenters. The lowest BCUT2D eigenvalue weighted by molar-refractivity contribution is 1.01. The largest absolute Gasteiger partial charge is 0.330 e. The van der Waals surface area contributed by atoms with Crippen molar-refractivity contribution in [3.63, 3.8) is 0 Å². The second-order valence-electron chi connectivity index (χ2n) is 3.61. The van der Waals surface area contributed by atoms with Crippen molar-refractivity contribution in [2.24, 2.45) is 5.73 Å². The van der Waals surface area contributed by atoms with Gasteiger partial charge in [-0.3, -0.25) is 0 Å². The van der Waals surface area contributed by atoms with Crippen LogP contribution in [0.25, 0.3) is 15.7 Å². The van der Waals surface area contributed by atoms with Gasteiger partial charge in [-0.15, -0.1) is 11.3 Å². The normalized spacial score (nSPS) is 12.3. The number of allylic oxidation sites excluding steroid dienone is 1. The van der Waals surface area contributed by atoms with Crippen LogP contribution in [-0.2, 0) is 0 Å². The molecule has 1 heterocycles. The Labute approximate surface area is 94.2 Å². The summed E-state index contributed by atoms with van der Waals surface area (Å²) in [7, 11) is 0. The third-order valence-electron chi connectivity index (χ3n) is 2.43. The Morgan fingerprint density at radius 2 is 2.20 bits per heavy atom. The number of rotatable bonds is 3. The summed E-state index contributed by atoms with van der Waals surface area (Å²) in [4.78, 5) is 1.35. The summed E-state index contributed by atoms with van der Waals surface area (Å²) in [6.45, 7) is 2.88. The van der Waals surface area contributed by atoms with E-state index in [1.807, 2.05) is 11.3 Å². The molecular weight excluding hydrogens is 202 g/mol. The van der Waals surface area contributed by atoms with Gasteiger partial charge in [0.25, 0.3) is 0 Å². The zero-order valence-corrected chi connectivity index (χ0v) is 9.68. The van der Waals surface area contributed by atoms with Crippen LogP contribution in [0.4, 0.5) is 0 Å². The van der Waals surface area contributed by atoms with Crippen LogP contribution in [0.15, 0.2) is 36.4 Å². The third kappa shape index (κ3) is 2.28. The summed E-state index contributed by atoms with van der Waals surface area (Å²) in [6.07, 6.45) is 3.17. The number of fused-ring (bicyclic) bond motifs is 1. The molecule has 0 atom stereocenters. The van der Waals surface area contributed by atoms with Crippen molar-refractivity contribution in [2.45, 2.75) is 13.3 Å². The first-order valence-corrected chi connectivity index (χ1v) is 5.98. The van der Waals surface area contributed by atoms with Gasteiger partial charge in [0.2, 0.25) is 0 Å². The molecule has 2 rings (SSSR count). The Morgan fingerprint density at radius 1 is 1.40 bits per heavy atom. The van der Waals surface area contributed by atoms with Gasteiger partial charge in [0.05, 0.1) is 0 Å². The minimum atomic E-state index is 0.724.